The maximum absolute atomic E-state index is 13.8. The van der Waals surface area contributed by atoms with E-state index in [1.165, 1.54) is 6.07 Å². The van der Waals surface area contributed by atoms with Crippen LogP contribution in [0.2, 0.25) is 0 Å². The van der Waals surface area contributed by atoms with E-state index < -0.39 is 17.7 Å². The highest BCUT2D eigenvalue weighted by Gasteiger charge is 2.35. The lowest BCUT2D eigenvalue weighted by atomic mass is 9.91. The summed E-state index contributed by atoms with van der Waals surface area (Å²) in [5.74, 6) is -1.14. The Kier molecular flexibility index (Phi) is 4.21. The van der Waals surface area contributed by atoms with Crippen molar-refractivity contribution in [1.82, 2.24) is 5.32 Å². The Morgan fingerprint density at radius 2 is 2.16 bits per heavy atom. The van der Waals surface area contributed by atoms with Crippen molar-refractivity contribution in [2.75, 3.05) is 13.1 Å². The molecule has 1 fully saturated rings. The fraction of sp³-hybridized carbons (Fsp3) is 0.600. The number of hydrogen-bond acceptors (Lipinski definition) is 2. The second-order valence-electron chi connectivity index (χ2n) is 5.93. The van der Waals surface area contributed by atoms with Crippen LogP contribution in [-0.4, -0.2) is 18.7 Å². The van der Waals surface area contributed by atoms with Gasteiger partial charge in [-0.3, -0.25) is 0 Å². The molecule has 1 aliphatic heterocycles. The third-order valence-electron chi connectivity index (χ3n) is 3.42. The number of ether oxygens (including phenoxy) is 1. The molecule has 4 heteroatoms. The predicted molar refractivity (Wildman–Crippen MR) is 70.9 cm³/mol. The molecule has 0 spiro atoms. The van der Waals surface area contributed by atoms with Gasteiger partial charge in [-0.05, 0) is 25.3 Å². The van der Waals surface area contributed by atoms with Crippen molar-refractivity contribution in [3.05, 3.63) is 35.4 Å². The second-order valence-corrected chi connectivity index (χ2v) is 5.93. The van der Waals surface area contributed by atoms with Crippen LogP contribution in [0.25, 0.3) is 0 Å². The average molecular weight is 269 g/mol. The summed E-state index contributed by atoms with van der Waals surface area (Å²) in [6, 6.07) is 4.24. The van der Waals surface area contributed by atoms with E-state index in [4.69, 9.17) is 4.74 Å². The van der Waals surface area contributed by atoms with Crippen LogP contribution in [0.1, 0.15) is 38.9 Å². The molecule has 1 heterocycles. The normalized spacial score (nSPS) is 27.8. The molecule has 1 saturated heterocycles. The molecular formula is C15H21F2NO. The van der Waals surface area contributed by atoms with E-state index in [2.05, 4.69) is 19.2 Å². The minimum Gasteiger partial charge on any atom is -0.365 e. The zero-order valence-corrected chi connectivity index (χ0v) is 11.7. The van der Waals surface area contributed by atoms with Crippen molar-refractivity contribution in [3.8, 4) is 0 Å². The molecule has 1 aliphatic rings. The minimum atomic E-state index is -0.822. The molecule has 1 aromatic carbocycles. The first-order valence-corrected chi connectivity index (χ1v) is 6.74. The largest absolute Gasteiger partial charge is 0.365 e. The van der Waals surface area contributed by atoms with Gasteiger partial charge in [-0.2, -0.15) is 0 Å². The van der Waals surface area contributed by atoms with Gasteiger partial charge < -0.3 is 10.1 Å². The molecule has 0 aliphatic carbocycles. The van der Waals surface area contributed by atoms with Crippen molar-refractivity contribution < 1.29 is 13.5 Å². The molecule has 2 nitrogen and oxygen atoms in total. The van der Waals surface area contributed by atoms with Crippen LogP contribution < -0.4 is 5.32 Å². The van der Waals surface area contributed by atoms with Gasteiger partial charge in [-0.1, -0.05) is 26.0 Å². The quantitative estimate of drug-likeness (QED) is 0.907. The van der Waals surface area contributed by atoms with Crippen molar-refractivity contribution in [3.63, 3.8) is 0 Å². The summed E-state index contributed by atoms with van der Waals surface area (Å²) >= 11 is 0. The number of rotatable bonds is 3. The van der Waals surface area contributed by atoms with Crippen LogP contribution in [0.3, 0.4) is 0 Å². The molecule has 0 bridgehead atoms. The third kappa shape index (κ3) is 3.31. The molecule has 1 N–H and O–H groups in total. The highest BCUT2D eigenvalue weighted by molar-refractivity contribution is 5.22. The van der Waals surface area contributed by atoms with Crippen LogP contribution in [-0.2, 0) is 4.74 Å². The van der Waals surface area contributed by atoms with Gasteiger partial charge in [-0.15, -0.1) is 0 Å². The van der Waals surface area contributed by atoms with Gasteiger partial charge in [0.2, 0.25) is 0 Å². The van der Waals surface area contributed by atoms with E-state index in [1.807, 2.05) is 6.92 Å². The van der Waals surface area contributed by atoms with Gasteiger partial charge in [-0.25, -0.2) is 8.78 Å². The smallest absolute Gasteiger partial charge is 0.164 e. The molecule has 2 atom stereocenters. The predicted octanol–water partition coefficient (Wildman–Crippen LogP) is 3.43. The van der Waals surface area contributed by atoms with Crippen LogP contribution in [0.4, 0.5) is 8.78 Å². The SMILES string of the molecule is CC(C)CC1(C)CNCC(c2cccc(F)c2F)O1. The summed E-state index contributed by atoms with van der Waals surface area (Å²) in [6.45, 7) is 7.51. The molecule has 0 radical (unpaired) electrons. The van der Waals surface area contributed by atoms with Gasteiger partial charge in [0.25, 0.3) is 0 Å². The molecule has 106 valence electrons. The molecule has 2 rings (SSSR count). The summed E-state index contributed by atoms with van der Waals surface area (Å²) < 4.78 is 33.1. The standard InChI is InChI=1S/C15H21F2NO/c1-10(2)7-15(3)9-18-8-13(19-15)11-5-4-6-12(16)14(11)17/h4-6,10,13,18H,7-9H2,1-3H3. The number of benzene rings is 1. The first-order valence-electron chi connectivity index (χ1n) is 6.74. The Labute approximate surface area is 113 Å². The molecule has 0 saturated carbocycles. The molecule has 0 aromatic heterocycles. The number of halogens is 2. The van der Waals surface area contributed by atoms with Gasteiger partial charge >= 0.3 is 0 Å². The molecule has 2 unspecified atom stereocenters. The zero-order chi connectivity index (χ0) is 14.0. The number of morpholine rings is 1. The van der Waals surface area contributed by atoms with E-state index in [9.17, 15) is 8.78 Å². The molecule has 0 amide bonds. The summed E-state index contributed by atoms with van der Waals surface area (Å²) in [5, 5.41) is 3.26. The zero-order valence-electron chi connectivity index (χ0n) is 11.7. The van der Waals surface area contributed by atoms with Crippen molar-refractivity contribution >= 4 is 0 Å². The van der Waals surface area contributed by atoms with Crippen molar-refractivity contribution in [1.29, 1.82) is 0 Å². The topological polar surface area (TPSA) is 21.3 Å². The van der Waals surface area contributed by atoms with Gasteiger partial charge in [0.15, 0.2) is 11.6 Å². The summed E-state index contributed by atoms with van der Waals surface area (Å²) in [6.07, 6.45) is 0.446. The van der Waals surface area contributed by atoms with Crippen LogP contribution in [0.15, 0.2) is 18.2 Å². The molecular weight excluding hydrogens is 248 g/mol. The van der Waals surface area contributed by atoms with Crippen molar-refractivity contribution in [2.24, 2.45) is 5.92 Å². The lowest BCUT2D eigenvalue weighted by Crippen LogP contribution is -2.49. The summed E-state index contributed by atoms with van der Waals surface area (Å²) in [7, 11) is 0. The molecule has 19 heavy (non-hydrogen) atoms. The van der Waals surface area contributed by atoms with Gasteiger partial charge in [0.05, 0.1) is 11.7 Å². The fourth-order valence-corrected chi connectivity index (χ4v) is 2.82. The van der Waals surface area contributed by atoms with E-state index in [-0.39, 0.29) is 5.60 Å². The maximum Gasteiger partial charge on any atom is 0.164 e. The lowest BCUT2D eigenvalue weighted by molar-refractivity contribution is -0.118. The Balaban J connectivity index is 2.19. The van der Waals surface area contributed by atoms with Gasteiger partial charge in [0.1, 0.15) is 0 Å². The average Bonchev–Trinajstić information content (AvgIpc) is 2.31. The third-order valence-corrected chi connectivity index (χ3v) is 3.42. The van der Waals surface area contributed by atoms with E-state index >= 15 is 0 Å². The maximum atomic E-state index is 13.8. The lowest BCUT2D eigenvalue weighted by Gasteiger charge is -2.40. The van der Waals surface area contributed by atoms with E-state index in [0.29, 0.717) is 18.0 Å². The van der Waals surface area contributed by atoms with E-state index in [1.54, 1.807) is 6.07 Å². The highest BCUT2D eigenvalue weighted by atomic mass is 19.2. The van der Waals surface area contributed by atoms with Crippen LogP contribution in [0, 0.1) is 17.6 Å². The minimum absolute atomic E-state index is 0.294. The van der Waals surface area contributed by atoms with Crippen LogP contribution >= 0.6 is 0 Å². The Bertz CT molecular complexity index is 450. The van der Waals surface area contributed by atoms with Crippen molar-refractivity contribution in [2.45, 2.75) is 38.9 Å². The molecule has 1 aromatic rings. The summed E-state index contributed by atoms with van der Waals surface area (Å²) in [4.78, 5) is 0. The number of hydrogen-bond donors (Lipinski definition) is 1. The monoisotopic (exact) mass is 269 g/mol. The van der Waals surface area contributed by atoms with E-state index in [0.717, 1.165) is 19.0 Å². The first-order chi connectivity index (χ1) is 8.91. The van der Waals surface area contributed by atoms with Gasteiger partial charge in [0, 0.05) is 18.7 Å². The van der Waals surface area contributed by atoms with Crippen LogP contribution in [0.5, 0.6) is 0 Å². The first kappa shape index (κ1) is 14.4. The summed E-state index contributed by atoms with van der Waals surface area (Å²) in [5.41, 5.74) is -0.0438. The fourth-order valence-electron chi connectivity index (χ4n) is 2.82. The number of nitrogens with one attached hydrogen (secondary N) is 1. The second kappa shape index (κ2) is 5.55. The Hall–Kier alpha value is -1.00. The highest BCUT2D eigenvalue weighted by Crippen LogP contribution is 2.32. The Morgan fingerprint density at radius 3 is 2.84 bits per heavy atom. The Morgan fingerprint density at radius 1 is 1.42 bits per heavy atom.